The molecule has 0 spiro atoms. The molecule has 2 aromatic carbocycles. The summed E-state index contributed by atoms with van der Waals surface area (Å²) in [7, 11) is 5.03. The first-order valence-corrected chi connectivity index (χ1v) is 9.98. The normalized spacial score (nSPS) is 10.7. The lowest BCUT2D eigenvalue weighted by Gasteiger charge is -2.18. The zero-order valence-electron chi connectivity index (χ0n) is 14.9. The number of thioether (sulfide) groups is 1. The number of carbonyl (C=O) groups excluding carboxylic acids is 1. The van der Waals surface area contributed by atoms with Gasteiger partial charge in [0.1, 0.15) is 5.75 Å². The minimum Gasteiger partial charge on any atom is -0.497 e. The van der Waals surface area contributed by atoms with Gasteiger partial charge in [0.15, 0.2) is 0 Å². The largest absolute Gasteiger partial charge is 0.497 e. The summed E-state index contributed by atoms with van der Waals surface area (Å²) in [6.45, 7) is -0.0174. The second-order valence-electron chi connectivity index (χ2n) is 5.90. The maximum Gasteiger partial charge on any atom is 0.285 e. The summed E-state index contributed by atoms with van der Waals surface area (Å²) >= 11 is 11.3. The molecule has 0 unspecified atom stereocenters. The number of aliphatic hydroxyl groups is 1. The van der Waals surface area contributed by atoms with Crippen molar-refractivity contribution in [2.75, 3.05) is 27.8 Å². The summed E-state index contributed by atoms with van der Waals surface area (Å²) in [6, 6.07) is 9.75. The van der Waals surface area contributed by atoms with Crippen LogP contribution in [0.1, 0.15) is 16.7 Å². The second-order valence-corrected chi connectivity index (χ2v) is 8.09. The van der Waals surface area contributed by atoms with E-state index in [0.29, 0.717) is 22.8 Å². The van der Waals surface area contributed by atoms with E-state index in [9.17, 15) is 9.90 Å². The molecule has 0 heterocycles. The highest BCUT2D eigenvalue weighted by Gasteiger charge is 2.20. The fourth-order valence-electron chi connectivity index (χ4n) is 2.41. The zero-order chi connectivity index (χ0) is 19.3. The lowest BCUT2D eigenvalue weighted by molar-refractivity contribution is 0.241. The fraction of sp³-hybridized carbons (Fsp3) is 0.316. The van der Waals surface area contributed by atoms with E-state index in [1.807, 2.05) is 30.3 Å². The Morgan fingerprint density at radius 3 is 2.50 bits per heavy atom. The highest BCUT2D eigenvalue weighted by atomic mass is 79.9. The Balaban J connectivity index is 2.42. The molecule has 0 aliphatic carbocycles. The van der Waals surface area contributed by atoms with Gasteiger partial charge >= 0.3 is 0 Å². The van der Waals surface area contributed by atoms with Crippen LogP contribution < -0.4 is 4.74 Å². The molecule has 0 bridgehead atoms. The molecule has 0 aliphatic rings. The third-order valence-corrected chi connectivity index (χ3v) is 6.26. The predicted octanol–water partition coefficient (Wildman–Crippen LogP) is 5.01. The molecular formula is C19H21BrClNO3S. The Morgan fingerprint density at radius 2 is 1.96 bits per heavy atom. The molecule has 0 atom stereocenters. The minimum atomic E-state index is -0.111. The summed E-state index contributed by atoms with van der Waals surface area (Å²) in [5.74, 6) is 0.798. The average molecular weight is 459 g/mol. The van der Waals surface area contributed by atoms with Crippen LogP contribution in [0.15, 0.2) is 39.7 Å². The Hall–Kier alpha value is -1.21. The number of amides is 1. The Bertz CT molecular complexity index is 781. The van der Waals surface area contributed by atoms with Gasteiger partial charge in [0.2, 0.25) is 0 Å². The standard InChI is InChI=1S/C19H21BrClNO3S/c1-22(2)19(24)26-18-15(8-9-23)16(20)11-13(17(18)21)10-12-4-6-14(25-3)7-5-12/h4-7,11,23H,8-10H2,1-3H3. The van der Waals surface area contributed by atoms with Crippen LogP contribution in [0.4, 0.5) is 4.79 Å². The number of methoxy groups -OCH3 is 1. The number of ether oxygens (including phenoxy) is 1. The lowest BCUT2D eigenvalue weighted by Crippen LogP contribution is -2.16. The molecule has 2 aromatic rings. The van der Waals surface area contributed by atoms with Crippen molar-refractivity contribution in [1.29, 1.82) is 0 Å². The Morgan fingerprint density at radius 1 is 1.31 bits per heavy atom. The first kappa shape index (κ1) is 21.1. The lowest BCUT2D eigenvalue weighted by atomic mass is 10.0. The van der Waals surface area contributed by atoms with E-state index >= 15 is 0 Å². The number of benzene rings is 2. The molecule has 7 heteroatoms. The van der Waals surface area contributed by atoms with Crippen LogP contribution in [0, 0.1) is 0 Å². The Kier molecular flexibility index (Phi) is 7.83. The molecule has 0 radical (unpaired) electrons. The molecule has 2 rings (SSSR count). The van der Waals surface area contributed by atoms with Crippen molar-refractivity contribution >= 4 is 44.5 Å². The minimum absolute atomic E-state index is 0.0174. The van der Waals surface area contributed by atoms with Crippen molar-refractivity contribution in [2.45, 2.75) is 17.7 Å². The molecule has 0 saturated carbocycles. The third kappa shape index (κ3) is 5.16. The highest BCUT2D eigenvalue weighted by molar-refractivity contribution is 9.10. The van der Waals surface area contributed by atoms with Gasteiger partial charge in [-0.3, -0.25) is 4.79 Å². The fourth-order valence-corrected chi connectivity index (χ4v) is 4.48. The van der Waals surface area contributed by atoms with E-state index in [1.165, 1.54) is 4.90 Å². The van der Waals surface area contributed by atoms with Gasteiger partial charge in [0, 0.05) is 30.1 Å². The van der Waals surface area contributed by atoms with Gasteiger partial charge in [-0.1, -0.05) is 39.7 Å². The maximum absolute atomic E-state index is 12.2. The van der Waals surface area contributed by atoms with Gasteiger partial charge in [-0.2, -0.15) is 0 Å². The van der Waals surface area contributed by atoms with Crippen LogP contribution >= 0.6 is 39.3 Å². The monoisotopic (exact) mass is 457 g/mol. The van der Waals surface area contributed by atoms with Gasteiger partial charge in [-0.25, -0.2) is 0 Å². The maximum atomic E-state index is 12.2. The number of hydrogen-bond acceptors (Lipinski definition) is 4. The summed E-state index contributed by atoms with van der Waals surface area (Å²) in [6.07, 6.45) is 1.05. The van der Waals surface area contributed by atoms with E-state index in [1.54, 1.807) is 21.2 Å². The van der Waals surface area contributed by atoms with Crippen LogP contribution in [0.25, 0.3) is 0 Å². The van der Waals surface area contributed by atoms with Crippen LogP contribution in [0.2, 0.25) is 5.02 Å². The van der Waals surface area contributed by atoms with E-state index in [0.717, 1.165) is 38.7 Å². The quantitative estimate of drug-likeness (QED) is 0.618. The summed E-state index contributed by atoms with van der Waals surface area (Å²) < 4.78 is 6.03. The van der Waals surface area contributed by atoms with Crippen molar-refractivity contribution in [3.63, 3.8) is 0 Å². The molecule has 26 heavy (non-hydrogen) atoms. The number of hydrogen-bond donors (Lipinski definition) is 1. The number of aliphatic hydroxyl groups excluding tert-OH is 1. The number of nitrogens with zero attached hydrogens (tertiary/aromatic N) is 1. The van der Waals surface area contributed by atoms with Gasteiger partial charge in [-0.05, 0) is 59.5 Å². The molecule has 0 fully saturated rings. The number of rotatable bonds is 6. The van der Waals surface area contributed by atoms with Gasteiger partial charge < -0.3 is 14.7 Å². The van der Waals surface area contributed by atoms with E-state index in [4.69, 9.17) is 16.3 Å². The average Bonchev–Trinajstić information content (AvgIpc) is 2.62. The van der Waals surface area contributed by atoms with Crippen LogP contribution in [-0.4, -0.2) is 43.1 Å². The molecule has 0 aromatic heterocycles. The molecule has 0 saturated heterocycles. The molecule has 1 N–H and O–H groups in total. The summed E-state index contributed by atoms with van der Waals surface area (Å²) in [5, 5.41) is 9.81. The zero-order valence-corrected chi connectivity index (χ0v) is 18.0. The van der Waals surface area contributed by atoms with Crippen molar-refractivity contribution in [1.82, 2.24) is 4.90 Å². The van der Waals surface area contributed by atoms with Crippen molar-refractivity contribution < 1.29 is 14.6 Å². The van der Waals surface area contributed by atoms with Crippen molar-refractivity contribution in [3.05, 3.63) is 56.5 Å². The van der Waals surface area contributed by atoms with E-state index < -0.39 is 0 Å². The molecule has 140 valence electrons. The van der Waals surface area contributed by atoms with Gasteiger partial charge in [-0.15, -0.1) is 0 Å². The SMILES string of the molecule is COc1ccc(Cc2cc(Br)c(CCO)c(SC(=O)N(C)C)c2Cl)cc1. The van der Waals surface area contributed by atoms with Crippen LogP contribution in [-0.2, 0) is 12.8 Å². The molecule has 1 amide bonds. The number of halogens is 2. The van der Waals surface area contributed by atoms with Crippen LogP contribution in [0.3, 0.4) is 0 Å². The summed E-state index contributed by atoms with van der Waals surface area (Å²) in [5.41, 5.74) is 2.85. The van der Waals surface area contributed by atoms with Crippen molar-refractivity contribution in [3.8, 4) is 5.75 Å². The number of carbonyl (C=O) groups is 1. The first-order valence-electron chi connectivity index (χ1n) is 8.00. The first-order chi connectivity index (χ1) is 12.4. The van der Waals surface area contributed by atoms with Gasteiger partial charge in [0.05, 0.1) is 12.1 Å². The predicted molar refractivity (Wildman–Crippen MR) is 111 cm³/mol. The highest BCUT2D eigenvalue weighted by Crippen LogP contribution is 2.40. The molecule has 4 nitrogen and oxygen atoms in total. The smallest absolute Gasteiger partial charge is 0.285 e. The van der Waals surface area contributed by atoms with Crippen LogP contribution in [0.5, 0.6) is 5.75 Å². The van der Waals surface area contributed by atoms with Crippen molar-refractivity contribution in [2.24, 2.45) is 0 Å². The molecule has 0 aliphatic heterocycles. The third-order valence-electron chi connectivity index (χ3n) is 3.81. The Labute approximate surface area is 171 Å². The van der Waals surface area contributed by atoms with Gasteiger partial charge in [0.25, 0.3) is 5.24 Å². The topological polar surface area (TPSA) is 49.8 Å². The second kappa shape index (κ2) is 9.65. The van der Waals surface area contributed by atoms with E-state index in [2.05, 4.69) is 15.9 Å². The molecular weight excluding hydrogens is 438 g/mol. The van der Waals surface area contributed by atoms with E-state index in [-0.39, 0.29) is 11.8 Å². The summed E-state index contributed by atoms with van der Waals surface area (Å²) in [4.78, 5) is 14.4.